The van der Waals surface area contributed by atoms with Gasteiger partial charge in [0, 0.05) is 24.2 Å². The Balaban J connectivity index is 2.78. The standard InChI is InChI=1S/C12H19NO2/c1-9(2)13(3)8-10-5-6-11(15-4)7-12(10)14/h5-7,9,14H,8H2,1-4H3. The first-order chi connectivity index (χ1) is 7.04. The van der Waals surface area contributed by atoms with Crippen LogP contribution < -0.4 is 4.74 Å². The van der Waals surface area contributed by atoms with Crippen molar-refractivity contribution in [1.82, 2.24) is 4.90 Å². The third-order valence-electron chi connectivity index (χ3n) is 2.59. The minimum absolute atomic E-state index is 0.293. The summed E-state index contributed by atoms with van der Waals surface area (Å²) in [7, 11) is 3.63. The van der Waals surface area contributed by atoms with Crippen molar-refractivity contribution in [3.8, 4) is 11.5 Å². The molecule has 0 unspecified atom stereocenters. The Bertz CT molecular complexity index is 323. The van der Waals surface area contributed by atoms with Crippen molar-refractivity contribution in [3.63, 3.8) is 0 Å². The van der Waals surface area contributed by atoms with Gasteiger partial charge in [-0.1, -0.05) is 6.07 Å². The fraction of sp³-hybridized carbons (Fsp3) is 0.500. The van der Waals surface area contributed by atoms with Crippen molar-refractivity contribution in [1.29, 1.82) is 0 Å². The van der Waals surface area contributed by atoms with Crippen LogP contribution in [-0.2, 0) is 6.54 Å². The van der Waals surface area contributed by atoms with E-state index in [2.05, 4.69) is 18.7 Å². The molecule has 0 fully saturated rings. The molecule has 3 heteroatoms. The monoisotopic (exact) mass is 209 g/mol. The van der Waals surface area contributed by atoms with Crippen LogP contribution in [0.2, 0.25) is 0 Å². The quantitative estimate of drug-likeness (QED) is 0.825. The number of hydrogen-bond donors (Lipinski definition) is 1. The molecule has 0 saturated heterocycles. The first-order valence-corrected chi connectivity index (χ1v) is 5.10. The summed E-state index contributed by atoms with van der Waals surface area (Å²) in [6.45, 7) is 4.99. The predicted octanol–water partition coefficient (Wildman–Crippen LogP) is 2.24. The zero-order valence-electron chi connectivity index (χ0n) is 9.82. The summed E-state index contributed by atoms with van der Waals surface area (Å²) < 4.78 is 5.03. The summed E-state index contributed by atoms with van der Waals surface area (Å²) in [6, 6.07) is 5.87. The van der Waals surface area contributed by atoms with Crippen LogP contribution in [0.25, 0.3) is 0 Å². The summed E-state index contributed by atoms with van der Waals surface area (Å²) in [6.07, 6.45) is 0. The second kappa shape index (κ2) is 5.03. The van der Waals surface area contributed by atoms with Crippen molar-refractivity contribution in [3.05, 3.63) is 23.8 Å². The van der Waals surface area contributed by atoms with Gasteiger partial charge in [0.15, 0.2) is 0 Å². The van der Waals surface area contributed by atoms with Gasteiger partial charge in [0.1, 0.15) is 11.5 Å². The maximum absolute atomic E-state index is 9.75. The molecule has 15 heavy (non-hydrogen) atoms. The van der Waals surface area contributed by atoms with Gasteiger partial charge in [0.25, 0.3) is 0 Å². The van der Waals surface area contributed by atoms with Crippen molar-refractivity contribution < 1.29 is 9.84 Å². The molecule has 1 aromatic carbocycles. The average Bonchev–Trinajstić information content (AvgIpc) is 2.20. The van der Waals surface area contributed by atoms with Gasteiger partial charge in [0.05, 0.1) is 7.11 Å². The number of rotatable bonds is 4. The molecule has 0 aromatic heterocycles. The van der Waals surface area contributed by atoms with E-state index in [4.69, 9.17) is 4.74 Å². The number of methoxy groups -OCH3 is 1. The van der Waals surface area contributed by atoms with Gasteiger partial charge in [-0.3, -0.25) is 4.90 Å². The van der Waals surface area contributed by atoms with E-state index >= 15 is 0 Å². The molecule has 84 valence electrons. The molecule has 1 rings (SSSR count). The summed E-state index contributed by atoms with van der Waals surface area (Å²) in [4.78, 5) is 2.17. The van der Waals surface area contributed by atoms with Gasteiger partial charge < -0.3 is 9.84 Å². The van der Waals surface area contributed by atoms with Crippen LogP contribution >= 0.6 is 0 Å². The van der Waals surface area contributed by atoms with E-state index < -0.39 is 0 Å². The third kappa shape index (κ3) is 3.13. The van der Waals surface area contributed by atoms with Gasteiger partial charge in [-0.25, -0.2) is 0 Å². The maximum Gasteiger partial charge on any atom is 0.123 e. The molecule has 0 bridgehead atoms. The predicted molar refractivity (Wildman–Crippen MR) is 61.3 cm³/mol. The molecule has 0 saturated carbocycles. The topological polar surface area (TPSA) is 32.7 Å². The van der Waals surface area contributed by atoms with E-state index in [-0.39, 0.29) is 0 Å². The molecule has 0 radical (unpaired) electrons. The van der Waals surface area contributed by atoms with Gasteiger partial charge in [0.2, 0.25) is 0 Å². The maximum atomic E-state index is 9.75. The number of hydrogen-bond acceptors (Lipinski definition) is 3. The lowest BCUT2D eigenvalue weighted by Crippen LogP contribution is -2.25. The third-order valence-corrected chi connectivity index (χ3v) is 2.59. The largest absolute Gasteiger partial charge is 0.507 e. The number of aromatic hydroxyl groups is 1. The highest BCUT2D eigenvalue weighted by molar-refractivity contribution is 5.39. The first kappa shape index (κ1) is 11.9. The van der Waals surface area contributed by atoms with E-state index in [1.54, 1.807) is 13.2 Å². The fourth-order valence-corrected chi connectivity index (χ4v) is 1.26. The van der Waals surface area contributed by atoms with Crippen molar-refractivity contribution >= 4 is 0 Å². The Morgan fingerprint density at radius 1 is 1.40 bits per heavy atom. The first-order valence-electron chi connectivity index (χ1n) is 5.10. The normalized spacial score (nSPS) is 11.1. The van der Waals surface area contributed by atoms with Crippen molar-refractivity contribution in [2.75, 3.05) is 14.2 Å². The van der Waals surface area contributed by atoms with Crippen molar-refractivity contribution in [2.45, 2.75) is 26.4 Å². The second-order valence-electron chi connectivity index (χ2n) is 4.00. The number of phenols is 1. The highest BCUT2D eigenvalue weighted by atomic mass is 16.5. The van der Waals surface area contributed by atoms with Crippen molar-refractivity contribution in [2.24, 2.45) is 0 Å². The summed E-state index contributed by atoms with van der Waals surface area (Å²) >= 11 is 0. The van der Waals surface area contributed by atoms with E-state index in [0.29, 0.717) is 17.5 Å². The van der Waals surface area contributed by atoms with E-state index in [1.165, 1.54) is 0 Å². The molecular weight excluding hydrogens is 190 g/mol. The summed E-state index contributed by atoms with van der Waals surface area (Å²) in [5, 5.41) is 9.75. The minimum Gasteiger partial charge on any atom is -0.507 e. The van der Waals surface area contributed by atoms with Crippen LogP contribution in [0.15, 0.2) is 18.2 Å². The molecule has 0 aliphatic heterocycles. The fourth-order valence-electron chi connectivity index (χ4n) is 1.26. The lowest BCUT2D eigenvalue weighted by molar-refractivity contribution is 0.262. The van der Waals surface area contributed by atoms with E-state index in [1.807, 2.05) is 19.2 Å². The zero-order valence-corrected chi connectivity index (χ0v) is 9.82. The number of phenolic OH excluding ortho intramolecular Hbond substituents is 1. The van der Waals surface area contributed by atoms with Crippen LogP contribution in [0.5, 0.6) is 11.5 Å². The van der Waals surface area contributed by atoms with Crippen LogP contribution in [0.1, 0.15) is 19.4 Å². The van der Waals surface area contributed by atoms with Crippen LogP contribution in [-0.4, -0.2) is 30.2 Å². The van der Waals surface area contributed by atoms with Crippen LogP contribution in [0.3, 0.4) is 0 Å². The highest BCUT2D eigenvalue weighted by Crippen LogP contribution is 2.24. The molecule has 1 N–H and O–H groups in total. The molecule has 3 nitrogen and oxygen atoms in total. The molecule has 0 spiro atoms. The smallest absolute Gasteiger partial charge is 0.123 e. The SMILES string of the molecule is COc1ccc(CN(C)C(C)C)c(O)c1. The second-order valence-corrected chi connectivity index (χ2v) is 4.00. The zero-order chi connectivity index (χ0) is 11.4. The lowest BCUT2D eigenvalue weighted by atomic mass is 10.1. The summed E-state index contributed by atoms with van der Waals surface area (Å²) in [5.41, 5.74) is 0.923. The van der Waals surface area contributed by atoms with Crippen LogP contribution in [0, 0.1) is 0 Å². The highest BCUT2D eigenvalue weighted by Gasteiger charge is 2.08. The molecule has 0 aliphatic carbocycles. The number of ether oxygens (including phenoxy) is 1. The molecule has 0 heterocycles. The van der Waals surface area contributed by atoms with Gasteiger partial charge in [-0.15, -0.1) is 0 Å². The molecule has 0 atom stereocenters. The lowest BCUT2D eigenvalue weighted by Gasteiger charge is -2.21. The number of nitrogens with zero attached hydrogens (tertiary/aromatic N) is 1. The van der Waals surface area contributed by atoms with Gasteiger partial charge in [-0.05, 0) is 27.0 Å². The molecule has 0 amide bonds. The molecule has 1 aromatic rings. The minimum atomic E-state index is 0.293. The Morgan fingerprint density at radius 2 is 2.07 bits per heavy atom. The molecule has 0 aliphatic rings. The summed E-state index contributed by atoms with van der Waals surface area (Å²) in [5.74, 6) is 0.977. The molecular formula is C12H19NO2. The Kier molecular flexibility index (Phi) is 3.97. The average molecular weight is 209 g/mol. The number of benzene rings is 1. The Hall–Kier alpha value is -1.22. The Morgan fingerprint density at radius 3 is 2.53 bits per heavy atom. The van der Waals surface area contributed by atoms with Crippen LogP contribution in [0.4, 0.5) is 0 Å². The van der Waals surface area contributed by atoms with Gasteiger partial charge in [-0.2, -0.15) is 0 Å². The van der Waals surface area contributed by atoms with E-state index in [9.17, 15) is 5.11 Å². The van der Waals surface area contributed by atoms with Gasteiger partial charge >= 0.3 is 0 Å². The van der Waals surface area contributed by atoms with E-state index in [0.717, 1.165) is 12.1 Å². The Labute approximate surface area is 91.3 Å².